The third-order valence-corrected chi connectivity index (χ3v) is 5.27. The second-order valence-corrected chi connectivity index (χ2v) is 8.62. The van der Waals surface area contributed by atoms with Crippen LogP contribution in [0.2, 0.25) is 0 Å². The summed E-state index contributed by atoms with van der Waals surface area (Å²) in [4.78, 5) is 14.0. The first-order chi connectivity index (χ1) is 11.2. The third-order valence-electron chi connectivity index (χ3n) is 5.27. The Bertz CT molecular complexity index is 370. The van der Waals surface area contributed by atoms with Crippen molar-refractivity contribution in [3.05, 3.63) is 0 Å². The molecule has 1 N–H and O–H groups in total. The predicted molar refractivity (Wildman–Crippen MR) is 101 cm³/mol. The molecule has 1 saturated carbocycles. The van der Waals surface area contributed by atoms with Gasteiger partial charge < -0.3 is 15.0 Å². The molecule has 142 valence electrons. The number of hydrogen-bond donors (Lipinski definition) is 1. The van der Waals surface area contributed by atoms with Gasteiger partial charge in [-0.15, -0.1) is 0 Å². The summed E-state index contributed by atoms with van der Waals surface area (Å²) in [7, 11) is 1.88. The van der Waals surface area contributed by atoms with E-state index in [9.17, 15) is 4.79 Å². The summed E-state index contributed by atoms with van der Waals surface area (Å²) in [6, 6.07) is 1.54. The van der Waals surface area contributed by atoms with Crippen LogP contribution in [-0.4, -0.2) is 41.8 Å². The van der Waals surface area contributed by atoms with E-state index in [1.54, 1.807) is 4.90 Å². The van der Waals surface area contributed by atoms with Gasteiger partial charge in [-0.25, -0.2) is 4.79 Å². The molecule has 4 heteroatoms. The average Bonchev–Trinajstić information content (AvgIpc) is 2.52. The number of rotatable bonds is 7. The normalized spacial score (nSPS) is 24.3. The Morgan fingerprint density at radius 3 is 2.21 bits per heavy atom. The van der Waals surface area contributed by atoms with Gasteiger partial charge >= 0.3 is 6.09 Å². The van der Waals surface area contributed by atoms with E-state index in [1.807, 2.05) is 27.8 Å². The second-order valence-electron chi connectivity index (χ2n) is 8.62. The SMILES string of the molecule is CCC(C)CC(CC)NC1CCC(N(C)C(=O)OC(C)(C)C)CC1. The van der Waals surface area contributed by atoms with Crippen LogP contribution in [0.4, 0.5) is 4.79 Å². The van der Waals surface area contributed by atoms with Gasteiger partial charge in [-0.1, -0.05) is 27.2 Å². The molecule has 4 nitrogen and oxygen atoms in total. The van der Waals surface area contributed by atoms with Crippen molar-refractivity contribution < 1.29 is 9.53 Å². The number of nitrogens with one attached hydrogen (secondary N) is 1. The Kier molecular flexibility index (Phi) is 8.55. The van der Waals surface area contributed by atoms with E-state index >= 15 is 0 Å². The lowest BCUT2D eigenvalue weighted by molar-refractivity contribution is 0.0177. The Hall–Kier alpha value is -0.770. The van der Waals surface area contributed by atoms with Crippen LogP contribution in [-0.2, 0) is 4.74 Å². The molecule has 0 aromatic rings. The lowest BCUT2D eigenvalue weighted by Gasteiger charge is -2.37. The van der Waals surface area contributed by atoms with E-state index in [4.69, 9.17) is 4.74 Å². The van der Waals surface area contributed by atoms with Gasteiger partial charge in [0.15, 0.2) is 0 Å². The Morgan fingerprint density at radius 2 is 1.75 bits per heavy atom. The maximum atomic E-state index is 12.2. The van der Waals surface area contributed by atoms with Crippen molar-refractivity contribution in [3.8, 4) is 0 Å². The molecule has 2 atom stereocenters. The van der Waals surface area contributed by atoms with Crippen LogP contribution in [0.25, 0.3) is 0 Å². The Labute approximate surface area is 149 Å². The molecular weight excluding hydrogens is 300 g/mol. The highest BCUT2D eigenvalue weighted by Crippen LogP contribution is 2.25. The maximum Gasteiger partial charge on any atom is 0.410 e. The molecular formula is C20H40N2O2. The number of amides is 1. The first-order valence-corrected chi connectivity index (χ1v) is 9.88. The van der Waals surface area contributed by atoms with Crippen molar-refractivity contribution in [1.82, 2.24) is 10.2 Å². The molecule has 0 saturated heterocycles. The van der Waals surface area contributed by atoms with Crippen molar-refractivity contribution in [1.29, 1.82) is 0 Å². The highest BCUT2D eigenvalue weighted by molar-refractivity contribution is 5.68. The minimum absolute atomic E-state index is 0.192. The van der Waals surface area contributed by atoms with Crippen LogP contribution >= 0.6 is 0 Å². The largest absolute Gasteiger partial charge is 0.444 e. The van der Waals surface area contributed by atoms with Gasteiger partial charge in [0, 0.05) is 25.2 Å². The summed E-state index contributed by atoms with van der Waals surface area (Å²) in [6.07, 6.45) is 7.95. The number of nitrogens with zero attached hydrogens (tertiary/aromatic N) is 1. The van der Waals surface area contributed by atoms with Crippen molar-refractivity contribution in [2.24, 2.45) is 5.92 Å². The topological polar surface area (TPSA) is 41.6 Å². The Morgan fingerprint density at radius 1 is 1.17 bits per heavy atom. The molecule has 0 spiro atoms. The summed E-state index contributed by atoms with van der Waals surface area (Å²) < 4.78 is 5.49. The highest BCUT2D eigenvalue weighted by Gasteiger charge is 2.29. The highest BCUT2D eigenvalue weighted by atomic mass is 16.6. The molecule has 1 amide bonds. The second kappa shape index (κ2) is 9.65. The fourth-order valence-corrected chi connectivity index (χ4v) is 3.45. The molecule has 2 unspecified atom stereocenters. The van der Waals surface area contributed by atoms with E-state index < -0.39 is 5.60 Å². The zero-order valence-electron chi connectivity index (χ0n) is 17.0. The van der Waals surface area contributed by atoms with Crippen LogP contribution in [0.15, 0.2) is 0 Å². The molecule has 0 aromatic heterocycles. The molecule has 1 rings (SSSR count). The van der Waals surface area contributed by atoms with Gasteiger partial charge in [0.1, 0.15) is 5.60 Å². The zero-order valence-corrected chi connectivity index (χ0v) is 17.0. The van der Waals surface area contributed by atoms with E-state index in [2.05, 4.69) is 26.1 Å². The minimum atomic E-state index is -0.422. The molecule has 0 bridgehead atoms. The van der Waals surface area contributed by atoms with Gasteiger partial charge in [-0.05, 0) is 65.2 Å². The predicted octanol–water partition coefficient (Wildman–Crippen LogP) is 4.97. The summed E-state index contributed by atoms with van der Waals surface area (Å²) in [5.74, 6) is 0.789. The summed E-state index contributed by atoms with van der Waals surface area (Å²) in [5, 5.41) is 3.86. The lowest BCUT2D eigenvalue weighted by atomic mass is 9.89. The van der Waals surface area contributed by atoms with Gasteiger partial charge in [0.05, 0.1) is 0 Å². The molecule has 0 aromatic carbocycles. The molecule has 1 fully saturated rings. The average molecular weight is 341 g/mol. The van der Waals surface area contributed by atoms with Crippen LogP contribution < -0.4 is 5.32 Å². The van der Waals surface area contributed by atoms with Crippen molar-refractivity contribution >= 4 is 6.09 Å². The first-order valence-electron chi connectivity index (χ1n) is 9.88. The summed E-state index contributed by atoms with van der Waals surface area (Å²) in [6.45, 7) is 12.7. The quantitative estimate of drug-likeness (QED) is 0.711. The monoisotopic (exact) mass is 340 g/mol. The minimum Gasteiger partial charge on any atom is -0.444 e. The van der Waals surface area contributed by atoms with Gasteiger partial charge in [-0.2, -0.15) is 0 Å². The molecule has 0 radical (unpaired) electrons. The third kappa shape index (κ3) is 7.42. The zero-order chi connectivity index (χ0) is 18.3. The van der Waals surface area contributed by atoms with E-state index in [0.29, 0.717) is 18.1 Å². The fourth-order valence-electron chi connectivity index (χ4n) is 3.45. The number of hydrogen-bond acceptors (Lipinski definition) is 3. The van der Waals surface area contributed by atoms with E-state index in [-0.39, 0.29) is 6.09 Å². The molecule has 0 heterocycles. The van der Waals surface area contributed by atoms with Crippen molar-refractivity contribution in [2.45, 2.75) is 110 Å². The van der Waals surface area contributed by atoms with Crippen molar-refractivity contribution in [2.75, 3.05) is 7.05 Å². The lowest BCUT2D eigenvalue weighted by Crippen LogP contribution is -2.47. The smallest absolute Gasteiger partial charge is 0.410 e. The van der Waals surface area contributed by atoms with Crippen LogP contribution in [0, 0.1) is 5.92 Å². The molecule has 24 heavy (non-hydrogen) atoms. The number of ether oxygens (including phenoxy) is 1. The van der Waals surface area contributed by atoms with Crippen LogP contribution in [0.5, 0.6) is 0 Å². The van der Waals surface area contributed by atoms with E-state index in [0.717, 1.165) is 31.6 Å². The van der Waals surface area contributed by atoms with Gasteiger partial charge in [-0.3, -0.25) is 0 Å². The molecule has 0 aliphatic heterocycles. The molecule has 1 aliphatic carbocycles. The maximum absolute atomic E-state index is 12.2. The van der Waals surface area contributed by atoms with Crippen molar-refractivity contribution in [3.63, 3.8) is 0 Å². The van der Waals surface area contributed by atoms with Gasteiger partial charge in [0.2, 0.25) is 0 Å². The van der Waals surface area contributed by atoms with Gasteiger partial charge in [0.25, 0.3) is 0 Å². The summed E-state index contributed by atoms with van der Waals surface area (Å²) >= 11 is 0. The standard InChI is InChI=1S/C20H40N2O2/c1-8-15(3)14-16(9-2)21-17-10-12-18(13-11-17)22(7)19(23)24-20(4,5)6/h15-18,21H,8-14H2,1-7H3. The van der Waals surface area contributed by atoms with Crippen LogP contribution in [0.3, 0.4) is 0 Å². The first kappa shape index (κ1) is 21.3. The summed E-state index contributed by atoms with van der Waals surface area (Å²) in [5.41, 5.74) is -0.422. The number of carbonyl (C=O) groups excluding carboxylic acids is 1. The number of carbonyl (C=O) groups is 1. The van der Waals surface area contributed by atoms with Crippen LogP contribution in [0.1, 0.15) is 86.5 Å². The van der Waals surface area contributed by atoms with E-state index in [1.165, 1.54) is 19.3 Å². The molecule has 1 aliphatic rings. The fraction of sp³-hybridized carbons (Fsp3) is 0.950. The Balaban J connectivity index is 2.41.